The maximum atomic E-state index is 12.4. The molecule has 0 unspecified atom stereocenters. The molecule has 1 fully saturated rings. The van der Waals surface area contributed by atoms with Crippen molar-refractivity contribution >= 4 is 35.2 Å². The van der Waals surface area contributed by atoms with Crippen molar-refractivity contribution in [3.8, 4) is 0 Å². The van der Waals surface area contributed by atoms with E-state index in [0.29, 0.717) is 32.4 Å². The molecule has 0 spiro atoms. The van der Waals surface area contributed by atoms with Gasteiger partial charge in [-0.25, -0.2) is 0 Å². The molecule has 1 heterocycles. The van der Waals surface area contributed by atoms with E-state index >= 15 is 0 Å². The molecule has 2 amide bonds. The van der Waals surface area contributed by atoms with Crippen molar-refractivity contribution < 1.29 is 14.4 Å². The molecule has 0 bridgehead atoms. The van der Waals surface area contributed by atoms with E-state index in [1.807, 2.05) is 0 Å². The summed E-state index contributed by atoms with van der Waals surface area (Å²) in [5.41, 5.74) is 10.5. The van der Waals surface area contributed by atoms with Crippen LogP contribution in [0.4, 0.5) is 0 Å². The van der Waals surface area contributed by atoms with Crippen LogP contribution in [0.15, 0.2) is 4.99 Å². The molecular formula is C14H24ClN5O3. The lowest BCUT2D eigenvalue weighted by atomic mass is 10.1. The average Bonchev–Trinajstić information content (AvgIpc) is 2.99. The van der Waals surface area contributed by atoms with Crippen LogP contribution < -0.4 is 16.8 Å². The van der Waals surface area contributed by atoms with Crippen LogP contribution in [-0.4, -0.2) is 59.5 Å². The monoisotopic (exact) mass is 345 g/mol. The van der Waals surface area contributed by atoms with E-state index in [2.05, 4.69) is 10.3 Å². The van der Waals surface area contributed by atoms with Crippen molar-refractivity contribution in [1.82, 2.24) is 10.2 Å². The van der Waals surface area contributed by atoms with Gasteiger partial charge in [-0.2, -0.15) is 0 Å². The molecule has 0 aromatic rings. The van der Waals surface area contributed by atoms with Crippen LogP contribution in [0.5, 0.6) is 0 Å². The van der Waals surface area contributed by atoms with E-state index in [4.69, 9.17) is 23.1 Å². The van der Waals surface area contributed by atoms with E-state index < -0.39 is 12.1 Å². The highest BCUT2D eigenvalue weighted by molar-refractivity contribution is 6.28. The number of Topliss-reactive ketones (excluding diaryl/α,β-unsaturated/α-hetero) is 1. The molecular weight excluding hydrogens is 322 g/mol. The average molecular weight is 346 g/mol. The second-order valence-electron chi connectivity index (χ2n) is 5.48. The normalized spacial score (nSPS) is 18.3. The Labute approximate surface area is 140 Å². The first kappa shape index (κ1) is 19.2. The Morgan fingerprint density at radius 3 is 2.65 bits per heavy atom. The Kier molecular flexibility index (Phi) is 7.80. The number of nitrogens with zero attached hydrogens (tertiary/aromatic N) is 2. The smallest absolute Gasteiger partial charge is 0.243 e. The van der Waals surface area contributed by atoms with Gasteiger partial charge in [0.05, 0.1) is 11.9 Å². The van der Waals surface area contributed by atoms with E-state index in [0.717, 1.165) is 6.42 Å². The highest BCUT2D eigenvalue weighted by atomic mass is 35.5. The van der Waals surface area contributed by atoms with Gasteiger partial charge in [0, 0.05) is 20.0 Å². The number of amides is 2. The van der Waals surface area contributed by atoms with E-state index in [-0.39, 0.29) is 29.4 Å². The number of carbonyl (C=O) groups is 3. The quantitative estimate of drug-likeness (QED) is 0.233. The largest absolute Gasteiger partial charge is 0.370 e. The van der Waals surface area contributed by atoms with E-state index in [1.54, 1.807) is 0 Å². The summed E-state index contributed by atoms with van der Waals surface area (Å²) in [7, 11) is 0. The maximum Gasteiger partial charge on any atom is 0.243 e. The van der Waals surface area contributed by atoms with Crippen LogP contribution in [0.25, 0.3) is 0 Å². The molecule has 8 nitrogen and oxygen atoms in total. The summed E-state index contributed by atoms with van der Waals surface area (Å²) >= 11 is 5.60. The van der Waals surface area contributed by atoms with Crippen molar-refractivity contribution in [2.24, 2.45) is 16.5 Å². The Hall–Kier alpha value is -1.83. The van der Waals surface area contributed by atoms with Crippen LogP contribution in [0, 0.1) is 0 Å². The van der Waals surface area contributed by atoms with Crippen molar-refractivity contribution in [3.63, 3.8) is 0 Å². The zero-order valence-electron chi connectivity index (χ0n) is 13.3. The summed E-state index contributed by atoms with van der Waals surface area (Å²) in [6.07, 6.45) is 2.30. The molecule has 9 heteroatoms. The van der Waals surface area contributed by atoms with Crippen molar-refractivity contribution in [2.45, 2.75) is 44.7 Å². The first-order valence-corrected chi connectivity index (χ1v) is 8.12. The fourth-order valence-corrected chi connectivity index (χ4v) is 2.78. The number of alkyl halides is 1. The number of halogens is 1. The molecule has 0 aromatic heterocycles. The van der Waals surface area contributed by atoms with Gasteiger partial charge in [-0.05, 0) is 25.7 Å². The number of carbonyl (C=O) groups excluding carboxylic acids is 3. The predicted molar refractivity (Wildman–Crippen MR) is 88.0 cm³/mol. The lowest BCUT2D eigenvalue weighted by molar-refractivity contribution is -0.137. The number of hydrogen-bond acceptors (Lipinski definition) is 4. The summed E-state index contributed by atoms with van der Waals surface area (Å²) in [5, 5.41) is 2.70. The van der Waals surface area contributed by atoms with E-state index in [1.165, 1.54) is 11.8 Å². The molecule has 1 rings (SSSR count). The summed E-state index contributed by atoms with van der Waals surface area (Å²) in [6.45, 7) is 2.36. The number of rotatable bonds is 8. The van der Waals surface area contributed by atoms with Gasteiger partial charge < -0.3 is 21.7 Å². The fraction of sp³-hybridized carbons (Fsp3) is 0.714. The minimum atomic E-state index is -0.691. The third kappa shape index (κ3) is 6.05. The SMILES string of the molecule is CC(=O)N1CCC[C@H]1C(=O)N[C@@H](CCCN=C(N)N)C(=O)CCl. The lowest BCUT2D eigenvalue weighted by Gasteiger charge is -2.25. The number of aliphatic imine (C=N–C) groups is 1. The Balaban J connectivity index is 2.62. The molecule has 2 atom stereocenters. The number of guanidine groups is 1. The molecule has 5 N–H and O–H groups in total. The van der Waals surface area contributed by atoms with Crippen molar-refractivity contribution in [2.75, 3.05) is 19.0 Å². The molecule has 0 aromatic carbocycles. The zero-order valence-corrected chi connectivity index (χ0v) is 14.0. The van der Waals surface area contributed by atoms with Gasteiger partial charge in [0.1, 0.15) is 6.04 Å². The van der Waals surface area contributed by atoms with Crippen LogP contribution >= 0.6 is 11.6 Å². The number of ketones is 1. The van der Waals surface area contributed by atoms with Crippen LogP contribution in [-0.2, 0) is 14.4 Å². The first-order valence-electron chi connectivity index (χ1n) is 7.58. The molecule has 0 aliphatic carbocycles. The van der Waals surface area contributed by atoms with Gasteiger partial charge in [-0.15, -0.1) is 11.6 Å². The molecule has 0 saturated carbocycles. The predicted octanol–water partition coefficient (Wildman–Crippen LogP) is -0.656. The second kappa shape index (κ2) is 9.34. The number of hydrogen-bond donors (Lipinski definition) is 3. The van der Waals surface area contributed by atoms with Gasteiger partial charge >= 0.3 is 0 Å². The third-order valence-electron chi connectivity index (χ3n) is 3.74. The van der Waals surface area contributed by atoms with Gasteiger partial charge in [0.15, 0.2) is 11.7 Å². The van der Waals surface area contributed by atoms with Gasteiger partial charge in [-0.3, -0.25) is 19.4 Å². The first-order chi connectivity index (χ1) is 10.9. The maximum absolute atomic E-state index is 12.4. The fourth-order valence-electron chi connectivity index (χ4n) is 2.59. The summed E-state index contributed by atoms with van der Waals surface area (Å²) in [6, 6.07) is -1.21. The van der Waals surface area contributed by atoms with Crippen LogP contribution in [0.1, 0.15) is 32.6 Å². The molecule has 1 aliphatic heterocycles. The Morgan fingerprint density at radius 2 is 2.09 bits per heavy atom. The topological polar surface area (TPSA) is 131 Å². The zero-order chi connectivity index (χ0) is 17.4. The number of nitrogens with two attached hydrogens (primary N) is 2. The highest BCUT2D eigenvalue weighted by Gasteiger charge is 2.34. The molecule has 1 aliphatic rings. The van der Waals surface area contributed by atoms with Gasteiger partial charge in [0.2, 0.25) is 11.8 Å². The van der Waals surface area contributed by atoms with Crippen LogP contribution in [0.3, 0.4) is 0 Å². The van der Waals surface area contributed by atoms with Crippen LogP contribution in [0.2, 0.25) is 0 Å². The van der Waals surface area contributed by atoms with Gasteiger partial charge in [-0.1, -0.05) is 0 Å². The van der Waals surface area contributed by atoms with Crippen molar-refractivity contribution in [3.05, 3.63) is 0 Å². The van der Waals surface area contributed by atoms with E-state index in [9.17, 15) is 14.4 Å². The minimum Gasteiger partial charge on any atom is -0.370 e. The second-order valence-corrected chi connectivity index (χ2v) is 5.75. The minimum absolute atomic E-state index is 0.0164. The number of likely N-dealkylation sites (tertiary alicyclic amines) is 1. The number of nitrogens with one attached hydrogen (secondary N) is 1. The highest BCUT2D eigenvalue weighted by Crippen LogP contribution is 2.18. The Bertz CT molecular complexity index is 479. The molecule has 23 heavy (non-hydrogen) atoms. The summed E-state index contributed by atoms with van der Waals surface area (Å²) < 4.78 is 0. The summed E-state index contributed by atoms with van der Waals surface area (Å²) in [4.78, 5) is 41.1. The summed E-state index contributed by atoms with van der Waals surface area (Å²) in [5.74, 6) is -0.929. The molecule has 1 saturated heterocycles. The van der Waals surface area contributed by atoms with Crippen molar-refractivity contribution in [1.29, 1.82) is 0 Å². The Morgan fingerprint density at radius 1 is 1.39 bits per heavy atom. The molecule has 130 valence electrons. The molecule has 0 radical (unpaired) electrons. The standard InChI is InChI=1S/C14H24ClN5O3/c1-9(21)20-7-3-5-11(20)13(23)19-10(12(22)8-15)4-2-6-18-14(16)17/h10-11H,2-8H2,1H3,(H,19,23)(H4,16,17,18)/t10-,11-/m0/s1. The van der Waals surface area contributed by atoms with Gasteiger partial charge in [0.25, 0.3) is 0 Å². The third-order valence-corrected chi connectivity index (χ3v) is 4.01. The lowest BCUT2D eigenvalue weighted by Crippen LogP contribution is -2.50.